The Balaban J connectivity index is 2.87. The van der Waals surface area contributed by atoms with Gasteiger partial charge in [-0.25, -0.2) is 0 Å². The van der Waals surface area contributed by atoms with Crippen molar-refractivity contribution in [2.75, 3.05) is 0 Å². The molecule has 56 valence electrons. The van der Waals surface area contributed by atoms with Crippen LogP contribution in [0.2, 0.25) is 0 Å². The molecule has 0 bridgehead atoms. The van der Waals surface area contributed by atoms with E-state index in [0.29, 0.717) is 0 Å². The molecule has 0 aliphatic rings. The number of rotatable bonds is 2. The highest BCUT2D eigenvalue weighted by Crippen LogP contribution is 2.02. The first kappa shape index (κ1) is 7.73. The smallest absolute Gasteiger partial charge is 0.0632 e. The van der Waals surface area contributed by atoms with Gasteiger partial charge in [-0.15, -0.1) is 0 Å². The molecule has 1 aromatic heterocycles. The summed E-state index contributed by atoms with van der Waals surface area (Å²) in [4.78, 5) is 4.14. The van der Waals surface area contributed by atoms with Crippen LogP contribution < -0.4 is 0 Å². The van der Waals surface area contributed by atoms with Gasteiger partial charge < -0.3 is 0 Å². The first-order valence-electron chi connectivity index (χ1n) is 3.54. The van der Waals surface area contributed by atoms with E-state index < -0.39 is 0 Å². The number of hydrogen-bond donors (Lipinski definition) is 0. The van der Waals surface area contributed by atoms with Crippen molar-refractivity contribution in [1.82, 2.24) is 4.98 Å². The Morgan fingerprint density at radius 3 is 2.91 bits per heavy atom. The summed E-state index contributed by atoms with van der Waals surface area (Å²) in [5.74, 6) is 0. The number of aromatic nitrogens is 1. The molecular formula is C10H11N. The second kappa shape index (κ2) is 3.71. The molecule has 0 spiro atoms. The third kappa shape index (κ3) is 2.38. The van der Waals surface area contributed by atoms with E-state index in [9.17, 15) is 0 Å². The summed E-state index contributed by atoms with van der Waals surface area (Å²) in [5, 5.41) is 0. The van der Waals surface area contributed by atoms with Crippen LogP contribution in [0.1, 0.15) is 12.6 Å². The van der Waals surface area contributed by atoms with Crippen LogP contribution in [0, 0.1) is 0 Å². The van der Waals surface area contributed by atoms with Gasteiger partial charge in [0.15, 0.2) is 0 Å². The molecule has 1 aromatic rings. The topological polar surface area (TPSA) is 12.9 Å². The van der Waals surface area contributed by atoms with Crippen molar-refractivity contribution in [1.29, 1.82) is 0 Å². The lowest BCUT2D eigenvalue weighted by molar-refractivity contribution is 1.29. The highest BCUT2D eigenvalue weighted by atomic mass is 14.6. The van der Waals surface area contributed by atoms with E-state index in [2.05, 4.69) is 11.6 Å². The van der Waals surface area contributed by atoms with Crippen molar-refractivity contribution >= 4 is 6.08 Å². The Hall–Kier alpha value is -1.37. The fraction of sp³-hybridized carbons (Fsp3) is 0.100. The zero-order chi connectivity index (χ0) is 8.10. The van der Waals surface area contributed by atoms with Crippen LogP contribution >= 0.6 is 0 Å². The molecule has 1 nitrogen and oxygen atoms in total. The molecule has 0 fully saturated rings. The fourth-order valence-corrected chi connectivity index (χ4v) is 0.754. The van der Waals surface area contributed by atoms with Crippen LogP contribution in [0.3, 0.4) is 0 Å². The summed E-state index contributed by atoms with van der Waals surface area (Å²) >= 11 is 0. The monoisotopic (exact) mass is 145 g/mol. The Morgan fingerprint density at radius 1 is 1.55 bits per heavy atom. The van der Waals surface area contributed by atoms with Crippen LogP contribution in [0.15, 0.2) is 42.6 Å². The molecule has 0 aliphatic carbocycles. The predicted molar refractivity (Wildman–Crippen MR) is 48.1 cm³/mol. The van der Waals surface area contributed by atoms with Crippen LogP contribution in [-0.2, 0) is 0 Å². The minimum absolute atomic E-state index is 0.977. The molecule has 0 saturated carbocycles. The summed E-state index contributed by atoms with van der Waals surface area (Å²) < 4.78 is 0. The largest absolute Gasteiger partial charge is 0.257 e. The molecule has 11 heavy (non-hydrogen) atoms. The first-order chi connectivity index (χ1) is 5.33. The maximum Gasteiger partial charge on any atom is 0.0632 e. The van der Waals surface area contributed by atoms with E-state index in [1.165, 1.54) is 0 Å². The van der Waals surface area contributed by atoms with Crippen LogP contribution in [-0.4, -0.2) is 4.98 Å². The molecule has 1 heteroatoms. The third-order valence-corrected chi connectivity index (χ3v) is 1.39. The summed E-state index contributed by atoms with van der Waals surface area (Å²) in [6.45, 7) is 5.66. The summed E-state index contributed by atoms with van der Waals surface area (Å²) in [5.41, 5.74) is 2.11. The second-order valence-corrected chi connectivity index (χ2v) is 2.35. The number of pyridine rings is 1. The second-order valence-electron chi connectivity index (χ2n) is 2.35. The Bertz CT molecular complexity index is 259. The van der Waals surface area contributed by atoms with Gasteiger partial charge in [0.25, 0.3) is 0 Å². The number of allylic oxidation sites excluding steroid dienone is 2. The van der Waals surface area contributed by atoms with Gasteiger partial charge in [-0.05, 0) is 30.7 Å². The first-order valence-corrected chi connectivity index (χ1v) is 3.54. The predicted octanol–water partition coefficient (Wildman–Crippen LogP) is 2.67. The molecule has 0 amide bonds. The molecule has 0 atom stereocenters. The molecular weight excluding hydrogens is 134 g/mol. The summed E-state index contributed by atoms with van der Waals surface area (Å²) in [7, 11) is 0. The third-order valence-electron chi connectivity index (χ3n) is 1.39. The SMILES string of the molecule is C=C/C(C)=C\c1ccccn1. The van der Waals surface area contributed by atoms with E-state index in [-0.39, 0.29) is 0 Å². The van der Waals surface area contributed by atoms with E-state index in [1.54, 1.807) is 6.20 Å². The minimum atomic E-state index is 0.977. The average Bonchev–Trinajstić information content (AvgIpc) is 2.06. The highest BCUT2D eigenvalue weighted by molar-refractivity contribution is 5.50. The lowest BCUT2D eigenvalue weighted by atomic mass is 10.2. The van der Waals surface area contributed by atoms with Gasteiger partial charge in [-0.2, -0.15) is 0 Å². The van der Waals surface area contributed by atoms with Gasteiger partial charge in [0.2, 0.25) is 0 Å². The maximum atomic E-state index is 4.14. The zero-order valence-electron chi connectivity index (χ0n) is 6.62. The van der Waals surface area contributed by atoms with Crippen molar-refractivity contribution in [2.24, 2.45) is 0 Å². The summed E-state index contributed by atoms with van der Waals surface area (Å²) in [6.07, 6.45) is 5.59. The van der Waals surface area contributed by atoms with Crippen molar-refractivity contribution in [2.45, 2.75) is 6.92 Å². The van der Waals surface area contributed by atoms with Gasteiger partial charge in [-0.1, -0.05) is 18.7 Å². The van der Waals surface area contributed by atoms with Gasteiger partial charge in [0.1, 0.15) is 0 Å². The lowest BCUT2D eigenvalue weighted by Gasteiger charge is -1.91. The molecule has 0 N–H and O–H groups in total. The molecule has 0 aliphatic heterocycles. The normalized spacial score (nSPS) is 11.2. The Labute approximate surface area is 67.1 Å². The van der Waals surface area contributed by atoms with Gasteiger partial charge in [-0.3, -0.25) is 4.98 Å². The van der Waals surface area contributed by atoms with Crippen molar-refractivity contribution in [3.05, 3.63) is 48.3 Å². The Kier molecular flexibility index (Phi) is 2.61. The minimum Gasteiger partial charge on any atom is -0.257 e. The van der Waals surface area contributed by atoms with Crippen molar-refractivity contribution in [3.8, 4) is 0 Å². The van der Waals surface area contributed by atoms with E-state index >= 15 is 0 Å². The fourth-order valence-electron chi connectivity index (χ4n) is 0.754. The van der Waals surface area contributed by atoms with Gasteiger partial charge >= 0.3 is 0 Å². The van der Waals surface area contributed by atoms with Crippen LogP contribution in [0.25, 0.3) is 6.08 Å². The molecule has 0 radical (unpaired) electrons. The quantitative estimate of drug-likeness (QED) is 0.583. The van der Waals surface area contributed by atoms with Crippen LogP contribution in [0.5, 0.6) is 0 Å². The molecule has 0 aromatic carbocycles. The summed E-state index contributed by atoms with van der Waals surface area (Å²) in [6, 6.07) is 5.84. The highest BCUT2D eigenvalue weighted by Gasteiger charge is 1.85. The average molecular weight is 145 g/mol. The Morgan fingerprint density at radius 2 is 2.36 bits per heavy atom. The standard InChI is InChI=1S/C10H11N/c1-3-9(2)8-10-6-4-5-7-11-10/h3-8H,1H2,2H3/b9-8-. The van der Waals surface area contributed by atoms with Crippen molar-refractivity contribution < 1.29 is 0 Å². The lowest BCUT2D eigenvalue weighted by Crippen LogP contribution is -1.77. The molecule has 0 saturated heterocycles. The molecule has 1 heterocycles. The number of nitrogens with zero attached hydrogens (tertiary/aromatic N) is 1. The zero-order valence-corrected chi connectivity index (χ0v) is 6.62. The van der Waals surface area contributed by atoms with Crippen LogP contribution in [0.4, 0.5) is 0 Å². The van der Waals surface area contributed by atoms with Gasteiger partial charge in [0.05, 0.1) is 5.69 Å². The van der Waals surface area contributed by atoms with E-state index in [0.717, 1.165) is 11.3 Å². The van der Waals surface area contributed by atoms with Crippen molar-refractivity contribution in [3.63, 3.8) is 0 Å². The van der Waals surface area contributed by atoms with Gasteiger partial charge in [0, 0.05) is 6.20 Å². The van der Waals surface area contributed by atoms with E-state index in [4.69, 9.17) is 0 Å². The molecule has 1 rings (SSSR count). The maximum absolute atomic E-state index is 4.14. The van der Waals surface area contributed by atoms with E-state index in [1.807, 2.05) is 37.3 Å². The molecule has 0 unspecified atom stereocenters. The number of hydrogen-bond acceptors (Lipinski definition) is 1.